The lowest BCUT2D eigenvalue weighted by atomic mass is 10.1. The summed E-state index contributed by atoms with van der Waals surface area (Å²) in [6.07, 6.45) is 1.35. The van der Waals surface area contributed by atoms with Crippen molar-refractivity contribution in [3.05, 3.63) is 58.6 Å². The number of aromatic hydroxyl groups is 1. The summed E-state index contributed by atoms with van der Waals surface area (Å²) in [4.78, 5) is 14.4. The molecule has 2 aromatic carbocycles. The lowest BCUT2D eigenvalue weighted by molar-refractivity contribution is -0.112. The van der Waals surface area contributed by atoms with Gasteiger partial charge in [-0.3, -0.25) is 4.79 Å². The number of carbonyl (C=O) groups excluding carboxylic acids is 1. The van der Waals surface area contributed by atoms with Gasteiger partial charge in [-0.1, -0.05) is 23.7 Å². The fourth-order valence-corrected chi connectivity index (χ4v) is 2.68. The zero-order valence-corrected chi connectivity index (χ0v) is 15.4. The first-order valence-electron chi connectivity index (χ1n) is 8.25. The van der Waals surface area contributed by atoms with E-state index in [0.717, 1.165) is 18.8 Å². The Bertz CT molecular complexity index is 868. The molecule has 0 saturated heterocycles. The van der Waals surface area contributed by atoms with Gasteiger partial charge in [0.25, 0.3) is 5.91 Å². The number of nitrogens with zero attached hydrogens (tertiary/aromatic N) is 2. The Hall–Kier alpha value is -2.97. The van der Waals surface area contributed by atoms with Crippen molar-refractivity contribution in [3.63, 3.8) is 0 Å². The molecule has 2 rings (SSSR count). The lowest BCUT2D eigenvalue weighted by Gasteiger charge is -2.21. The summed E-state index contributed by atoms with van der Waals surface area (Å²) >= 11 is 6.01. The topological polar surface area (TPSA) is 76.4 Å². The lowest BCUT2D eigenvalue weighted by Crippen LogP contribution is -2.21. The second kappa shape index (κ2) is 8.93. The minimum atomic E-state index is -0.590. The predicted octanol–water partition coefficient (Wildman–Crippen LogP) is 4.44. The molecule has 0 aliphatic heterocycles. The van der Waals surface area contributed by atoms with E-state index >= 15 is 0 Å². The van der Waals surface area contributed by atoms with E-state index in [9.17, 15) is 15.2 Å². The number of hydrogen-bond donors (Lipinski definition) is 2. The number of amides is 1. The third-order valence-corrected chi connectivity index (χ3v) is 4.26. The van der Waals surface area contributed by atoms with Crippen molar-refractivity contribution in [2.75, 3.05) is 23.3 Å². The van der Waals surface area contributed by atoms with Gasteiger partial charge in [-0.05, 0) is 44.2 Å². The number of halogens is 1. The summed E-state index contributed by atoms with van der Waals surface area (Å²) in [5.74, 6) is -0.583. The second-order valence-corrected chi connectivity index (χ2v) is 5.93. The number of hydrogen-bond acceptors (Lipinski definition) is 4. The maximum Gasteiger partial charge on any atom is 0.266 e. The standard InChI is InChI=1S/C20H20ClN3O2/c1-3-24(4-2)16-10-9-14(19(25)12-16)11-15(13-22)20(26)23-18-8-6-5-7-17(18)21/h5-12,25H,3-4H2,1-2H3,(H,23,26)/b15-11+. The van der Waals surface area contributed by atoms with Crippen molar-refractivity contribution in [3.8, 4) is 11.8 Å². The first-order chi connectivity index (χ1) is 12.5. The third-order valence-electron chi connectivity index (χ3n) is 3.93. The van der Waals surface area contributed by atoms with Gasteiger partial charge in [-0.25, -0.2) is 0 Å². The smallest absolute Gasteiger partial charge is 0.266 e. The molecule has 26 heavy (non-hydrogen) atoms. The number of anilines is 2. The molecule has 5 nitrogen and oxygen atoms in total. The Labute approximate surface area is 158 Å². The number of carbonyl (C=O) groups is 1. The van der Waals surface area contributed by atoms with Gasteiger partial charge in [0.2, 0.25) is 0 Å². The Kier molecular flexibility index (Phi) is 6.65. The van der Waals surface area contributed by atoms with Crippen LogP contribution in [0, 0.1) is 11.3 Å². The highest BCUT2D eigenvalue weighted by atomic mass is 35.5. The van der Waals surface area contributed by atoms with E-state index in [1.165, 1.54) is 6.08 Å². The Morgan fingerprint density at radius 3 is 2.54 bits per heavy atom. The van der Waals surface area contributed by atoms with Gasteiger partial charge in [0, 0.05) is 30.4 Å². The van der Waals surface area contributed by atoms with Gasteiger partial charge < -0.3 is 15.3 Å². The van der Waals surface area contributed by atoms with Crippen LogP contribution in [-0.4, -0.2) is 24.1 Å². The normalized spacial score (nSPS) is 10.9. The summed E-state index contributed by atoms with van der Waals surface area (Å²) in [6.45, 7) is 5.69. The van der Waals surface area contributed by atoms with E-state index in [0.29, 0.717) is 16.3 Å². The molecule has 0 aromatic heterocycles. The highest BCUT2D eigenvalue weighted by Gasteiger charge is 2.13. The number of rotatable bonds is 6. The molecule has 0 heterocycles. The van der Waals surface area contributed by atoms with Crippen molar-refractivity contribution in [1.82, 2.24) is 0 Å². The van der Waals surface area contributed by atoms with Crippen LogP contribution in [0.4, 0.5) is 11.4 Å². The Morgan fingerprint density at radius 1 is 1.27 bits per heavy atom. The minimum Gasteiger partial charge on any atom is -0.507 e. The summed E-state index contributed by atoms with van der Waals surface area (Å²) in [5, 5.41) is 22.5. The molecule has 0 radical (unpaired) electrons. The van der Waals surface area contributed by atoms with Gasteiger partial charge in [0.05, 0.1) is 10.7 Å². The van der Waals surface area contributed by atoms with Crippen molar-refractivity contribution in [2.24, 2.45) is 0 Å². The molecule has 6 heteroatoms. The van der Waals surface area contributed by atoms with E-state index < -0.39 is 5.91 Å². The van der Waals surface area contributed by atoms with Gasteiger partial charge in [0.15, 0.2) is 0 Å². The minimum absolute atomic E-state index is 0.00712. The molecule has 0 bridgehead atoms. The molecule has 0 aliphatic carbocycles. The molecular weight excluding hydrogens is 350 g/mol. The Balaban J connectivity index is 2.27. The van der Waals surface area contributed by atoms with Gasteiger partial charge in [-0.2, -0.15) is 5.26 Å². The number of para-hydroxylation sites is 1. The predicted molar refractivity (Wildman–Crippen MR) is 105 cm³/mol. The summed E-state index contributed by atoms with van der Waals surface area (Å²) in [5.41, 5.74) is 1.56. The summed E-state index contributed by atoms with van der Waals surface area (Å²) in [7, 11) is 0. The maximum absolute atomic E-state index is 12.3. The zero-order valence-electron chi connectivity index (χ0n) is 14.7. The van der Waals surface area contributed by atoms with Crippen LogP contribution < -0.4 is 10.2 Å². The highest BCUT2D eigenvalue weighted by molar-refractivity contribution is 6.34. The average molecular weight is 370 g/mol. The highest BCUT2D eigenvalue weighted by Crippen LogP contribution is 2.27. The molecule has 0 saturated carbocycles. The molecule has 0 fully saturated rings. The second-order valence-electron chi connectivity index (χ2n) is 5.52. The van der Waals surface area contributed by atoms with E-state index in [1.54, 1.807) is 36.4 Å². The van der Waals surface area contributed by atoms with Gasteiger partial charge in [0.1, 0.15) is 17.4 Å². The first-order valence-corrected chi connectivity index (χ1v) is 8.63. The van der Waals surface area contributed by atoms with Gasteiger partial charge >= 0.3 is 0 Å². The van der Waals surface area contributed by atoms with Crippen molar-refractivity contribution in [2.45, 2.75) is 13.8 Å². The fourth-order valence-electron chi connectivity index (χ4n) is 2.50. The van der Waals surface area contributed by atoms with Crippen LogP contribution in [0.3, 0.4) is 0 Å². The van der Waals surface area contributed by atoms with Crippen LogP contribution in [0.2, 0.25) is 5.02 Å². The van der Waals surface area contributed by atoms with Crippen LogP contribution in [-0.2, 0) is 4.79 Å². The number of benzene rings is 2. The molecule has 1 amide bonds. The van der Waals surface area contributed by atoms with Crippen LogP contribution in [0.1, 0.15) is 19.4 Å². The summed E-state index contributed by atoms with van der Waals surface area (Å²) < 4.78 is 0. The molecule has 134 valence electrons. The summed E-state index contributed by atoms with van der Waals surface area (Å²) in [6, 6.07) is 13.8. The largest absolute Gasteiger partial charge is 0.507 e. The molecule has 0 aliphatic rings. The average Bonchev–Trinajstić information content (AvgIpc) is 2.64. The molecule has 2 N–H and O–H groups in total. The van der Waals surface area contributed by atoms with Crippen LogP contribution >= 0.6 is 11.6 Å². The van der Waals surface area contributed by atoms with Crippen molar-refractivity contribution < 1.29 is 9.90 Å². The maximum atomic E-state index is 12.3. The van der Waals surface area contributed by atoms with Gasteiger partial charge in [-0.15, -0.1) is 0 Å². The van der Waals surface area contributed by atoms with E-state index in [1.807, 2.05) is 26.0 Å². The monoisotopic (exact) mass is 369 g/mol. The quantitative estimate of drug-likeness (QED) is 0.583. The van der Waals surface area contributed by atoms with Crippen molar-refractivity contribution in [1.29, 1.82) is 5.26 Å². The molecule has 0 spiro atoms. The van der Waals surface area contributed by atoms with Crippen LogP contribution in [0.5, 0.6) is 5.75 Å². The molecule has 0 atom stereocenters. The van der Waals surface area contributed by atoms with Crippen molar-refractivity contribution >= 4 is 35.0 Å². The third kappa shape index (κ3) is 4.56. The van der Waals surface area contributed by atoms with E-state index in [4.69, 9.17) is 11.6 Å². The Morgan fingerprint density at radius 2 is 1.96 bits per heavy atom. The first kappa shape index (κ1) is 19.4. The number of nitriles is 1. The van der Waals surface area contributed by atoms with E-state index in [-0.39, 0.29) is 11.3 Å². The SMILES string of the molecule is CCN(CC)c1ccc(/C=C(\C#N)C(=O)Nc2ccccc2Cl)c(O)c1. The van der Waals surface area contributed by atoms with Crippen LogP contribution in [0.15, 0.2) is 48.0 Å². The molecule has 0 unspecified atom stereocenters. The molecular formula is C20H20ClN3O2. The fraction of sp³-hybridized carbons (Fsp3) is 0.200. The number of phenols is 1. The number of phenolic OH excluding ortho intramolecular Hbond substituents is 1. The van der Waals surface area contributed by atoms with E-state index in [2.05, 4.69) is 10.2 Å². The number of nitrogens with one attached hydrogen (secondary N) is 1. The van der Waals surface area contributed by atoms with Crippen LogP contribution in [0.25, 0.3) is 6.08 Å². The molecule has 2 aromatic rings. The zero-order chi connectivity index (χ0) is 19.1.